The SMILES string of the molecule is COC(=O)CCN(Cc1ccccc1Cl)C(=O)Cc1ccc(OC)cc1. The fourth-order valence-electron chi connectivity index (χ4n) is 2.48. The van der Waals surface area contributed by atoms with Gasteiger partial charge in [0, 0.05) is 18.1 Å². The minimum Gasteiger partial charge on any atom is -0.497 e. The van der Waals surface area contributed by atoms with Gasteiger partial charge in [-0.25, -0.2) is 0 Å². The van der Waals surface area contributed by atoms with E-state index in [2.05, 4.69) is 4.74 Å². The van der Waals surface area contributed by atoms with E-state index in [0.29, 0.717) is 11.6 Å². The normalized spacial score (nSPS) is 10.3. The van der Waals surface area contributed by atoms with Crippen molar-refractivity contribution in [1.29, 1.82) is 0 Å². The molecule has 0 saturated carbocycles. The summed E-state index contributed by atoms with van der Waals surface area (Å²) in [7, 11) is 2.93. The molecule has 0 saturated heterocycles. The molecule has 2 aromatic carbocycles. The Labute approximate surface area is 158 Å². The van der Waals surface area contributed by atoms with Gasteiger partial charge in [0.05, 0.1) is 27.1 Å². The lowest BCUT2D eigenvalue weighted by atomic mass is 10.1. The Morgan fingerprint density at radius 3 is 2.35 bits per heavy atom. The molecular formula is C20H22ClNO4. The van der Waals surface area contributed by atoms with Gasteiger partial charge < -0.3 is 14.4 Å². The van der Waals surface area contributed by atoms with Crippen LogP contribution in [0.3, 0.4) is 0 Å². The minimum absolute atomic E-state index is 0.0843. The summed E-state index contributed by atoms with van der Waals surface area (Å²) < 4.78 is 9.81. The molecule has 0 aliphatic heterocycles. The molecule has 0 aromatic heterocycles. The van der Waals surface area contributed by atoms with Crippen LogP contribution in [-0.2, 0) is 27.3 Å². The highest BCUT2D eigenvalue weighted by Gasteiger charge is 2.17. The second-order valence-electron chi connectivity index (χ2n) is 5.76. The Morgan fingerprint density at radius 1 is 1.04 bits per heavy atom. The van der Waals surface area contributed by atoms with Gasteiger partial charge in [-0.2, -0.15) is 0 Å². The summed E-state index contributed by atoms with van der Waals surface area (Å²) in [6, 6.07) is 14.7. The highest BCUT2D eigenvalue weighted by molar-refractivity contribution is 6.31. The van der Waals surface area contributed by atoms with Crippen LogP contribution in [0.4, 0.5) is 0 Å². The predicted molar refractivity (Wildman–Crippen MR) is 100 cm³/mol. The number of rotatable bonds is 8. The zero-order chi connectivity index (χ0) is 18.9. The number of carbonyl (C=O) groups is 2. The van der Waals surface area contributed by atoms with E-state index >= 15 is 0 Å². The van der Waals surface area contributed by atoms with E-state index in [1.54, 1.807) is 18.1 Å². The highest BCUT2D eigenvalue weighted by atomic mass is 35.5. The van der Waals surface area contributed by atoms with Crippen molar-refractivity contribution in [2.24, 2.45) is 0 Å². The van der Waals surface area contributed by atoms with E-state index in [1.807, 2.05) is 42.5 Å². The lowest BCUT2D eigenvalue weighted by molar-refractivity contribution is -0.141. The van der Waals surface area contributed by atoms with Gasteiger partial charge in [0.2, 0.25) is 5.91 Å². The lowest BCUT2D eigenvalue weighted by Crippen LogP contribution is -2.34. The van der Waals surface area contributed by atoms with Crippen LogP contribution >= 0.6 is 11.6 Å². The fourth-order valence-corrected chi connectivity index (χ4v) is 2.68. The van der Waals surface area contributed by atoms with Gasteiger partial charge in [-0.1, -0.05) is 41.9 Å². The lowest BCUT2D eigenvalue weighted by Gasteiger charge is -2.23. The third-order valence-corrected chi connectivity index (χ3v) is 4.37. The molecule has 1 amide bonds. The van der Waals surface area contributed by atoms with Crippen LogP contribution in [-0.4, -0.2) is 37.5 Å². The monoisotopic (exact) mass is 375 g/mol. The van der Waals surface area contributed by atoms with Crippen LogP contribution in [0, 0.1) is 0 Å². The van der Waals surface area contributed by atoms with Gasteiger partial charge in [0.15, 0.2) is 0 Å². The average molecular weight is 376 g/mol. The van der Waals surface area contributed by atoms with E-state index in [1.165, 1.54) is 7.11 Å². The molecule has 0 spiro atoms. The number of hydrogen-bond donors (Lipinski definition) is 0. The van der Waals surface area contributed by atoms with Crippen molar-refractivity contribution in [3.8, 4) is 5.75 Å². The molecule has 0 aliphatic rings. The fraction of sp³-hybridized carbons (Fsp3) is 0.300. The maximum Gasteiger partial charge on any atom is 0.307 e. The molecule has 6 heteroatoms. The number of carbonyl (C=O) groups excluding carboxylic acids is 2. The van der Waals surface area contributed by atoms with Crippen molar-refractivity contribution in [3.05, 3.63) is 64.7 Å². The second kappa shape index (κ2) is 9.82. The molecule has 0 radical (unpaired) electrons. The van der Waals surface area contributed by atoms with E-state index in [-0.39, 0.29) is 31.3 Å². The van der Waals surface area contributed by atoms with E-state index in [0.717, 1.165) is 16.9 Å². The van der Waals surface area contributed by atoms with Crippen molar-refractivity contribution in [3.63, 3.8) is 0 Å². The van der Waals surface area contributed by atoms with Crippen LogP contribution < -0.4 is 4.74 Å². The molecule has 0 N–H and O–H groups in total. The van der Waals surface area contributed by atoms with Gasteiger partial charge >= 0.3 is 5.97 Å². The number of hydrogen-bond acceptors (Lipinski definition) is 4. The molecule has 2 rings (SSSR count). The Hall–Kier alpha value is -2.53. The van der Waals surface area contributed by atoms with Crippen LogP contribution in [0.5, 0.6) is 5.75 Å². The smallest absolute Gasteiger partial charge is 0.307 e. The molecule has 0 heterocycles. The van der Waals surface area contributed by atoms with Gasteiger partial charge in [0.25, 0.3) is 0 Å². The van der Waals surface area contributed by atoms with Crippen molar-refractivity contribution < 1.29 is 19.1 Å². The maximum atomic E-state index is 12.8. The Kier molecular flexibility index (Phi) is 7.48. The Morgan fingerprint density at radius 2 is 1.73 bits per heavy atom. The molecule has 0 atom stereocenters. The predicted octanol–water partition coefficient (Wildman–Crippen LogP) is 3.48. The summed E-state index contributed by atoms with van der Waals surface area (Å²) in [4.78, 5) is 25.9. The van der Waals surface area contributed by atoms with Crippen molar-refractivity contribution in [2.75, 3.05) is 20.8 Å². The molecule has 26 heavy (non-hydrogen) atoms. The number of methoxy groups -OCH3 is 2. The summed E-state index contributed by atoms with van der Waals surface area (Å²) >= 11 is 6.21. The van der Waals surface area contributed by atoms with E-state index < -0.39 is 0 Å². The Bertz CT molecular complexity index is 746. The number of esters is 1. The van der Waals surface area contributed by atoms with Crippen LogP contribution in [0.15, 0.2) is 48.5 Å². The first kappa shape index (κ1) is 19.8. The average Bonchev–Trinajstić information content (AvgIpc) is 2.66. The number of amides is 1. The third kappa shape index (κ3) is 5.77. The summed E-state index contributed by atoms with van der Waals surface area (Å²) in [6.07, 6.45) is 0.366. The number of ether oxygens (including phenoxy) is 2. The van der Waals surface area contributed by atoms with E-state index in [4.69, 9.17) is 16.3 Å². The maximum absolute atomic E-state index is 12.8. The summed E-state index contributed by atoms with van der Waals surface area (Å²) in [6.45, 7) is 0.610. The first-order chi connectivity index (χ1) is 12.5. The topological polar surface area (TPSA) is 55.8 Å². The van der Waals surface area contributed by atoms with Crippen molar-refractivity contribution >= 4 is 23.5 Å². The van der Waals surface area contributed by atoms with Crippen molar-refractivity contribution in [1.82, 2.24) is 4.90 Å². The minimum atomic E-state index is -0.355. The molecular weight excluding hydrogens is 354 g/mol. The quantitative estimate of drug-likeness (QED) is 0.663. The first-order valence-corrected chi connectivity index (χ1v) is 8.62. The van der Waals surface area contributed by atoms with Crippen LogP contribution in [0.1, 0.15) is 17.5 Å². The summed E-state index contributed by atoms with van der Waals surface area (Å²) in [5, 5.41) is 0.591. The van der Waals surface area contributed by atoms with Crippen LogP contribution in [0.2, 0.25) is 5.02 Å². The number of halogens is 1. The third-order valence-electron chi connectivity index (χ3n) is 4.00. The van der Waals surface area contributed by atoms with Gasteiger partial charge in [-0.05, 0) is 29.3 Å². The van der Waals surface area contributed by atoms with Crippen molar-refractivity contribution in [2.45, 2.75) is 19.4 Å². The highest BCUT2D eigenvalue weighted by Crippen LogP contribution is 2.18. The van der Waals surface area contributed by atoms with Gasteiger partial charge in [-0.15, -0.1) is 0 Å². The van der Waals surface area contributed by atoms with Gasteiger partial charge in [0.1, 0.15) is 5.75 Å². The van der Waals surface area contributed by atoms with E-state index in [9.17, 15) is 9.59 Å². The molecule has 0 bridgehead atoms. The largest absolute Gasteiger partial charge is 0.497 e. The molecule has 2 aromatic rings. The zero-order valence-electron chi connectivity index (χ0n) is 14.9. The number of nitrogens with zero attached hydrogens (tertiary/aromatic N) is 1. The van der Waals surface area contributed by atoms with Gasteiger partial charge in [-0.3, -0.25) is 9.59 Å². The molecule has 0 unspecified atom stereocenters. The Balaban J connectivity index is 2.11. The number of benzene rings is 2. The summed E-state index contributed by atoms with van der Waals surface area (Å²) in [5.74, 6) is 0.296. The standard InChI is InChI=1S/C20H22ClNO4/c1-25-17-9-7-15(8-10-17)13-19(23)22(12-11-20(24)26-2)14-16-5-3-4-6-18(16)21/h3-10H,11-14H2,1-2H3. The zero-order valence-corrected chi connectivity index (χ0v) is 15.7. The second-order valence-corrected chi connectivity index (χ2v) is 6.16. The molecule has 5 nitrogen and oxygen atoms in total. The molecule has 0 aliphatic carbocycles. The molecule has 0 fully saturated rings. The first-order valence-electron chi connectivity index (χ1n) is 8.24. The van der Waals surface area contributed by atoms with Crippen LogP contribution in [0.25, 0.3) is 0 Å². The molecule has 138 valence electrons. The summed E-state index contributed by atoms with van der Waals surface area (Å²) in [5.41, 5.74) is 1.71.